The fourth-order valence-corrected chi connectivity index (χ4v) is 1.73. The van der Waals surface area contributed by atoms with E-state index >= 15 is 0 Å². The second-order valence-electron chi connectivity index (χ2n) is 4.31. The highest BCUT2D eigenvalue weighted by atomic mass is 16.5. The third-order valence-corrected chi connectivity index (χ3v) is 2.72. The van der Waals surface area contributed by atoms with Gasteiger partial charge in [-0.2, -0.15) is 0 Å². The number of ether oxygens (including phenoxy) is 1. The van der Waals surface area contributed by atoms with Crippen molar-refractivity contribution in [2.75, 3.05) is 6.61 Å². The second-order valence-corrected chi connectivity index (χ2v) is 4.31. The van der Waals surface area contributed by atoms with Crippen LogP contribution in [-0.4, -0.2) is 18.6 Å². The van der Waals surface area contributed by atoms with Gasteiger partial charge in [0.25, 0.3) is 0 Å². The average Bonchev–Trinajstić information content (AvgIpc) is 2.38. The van der Waals surface area contributed by atoms with Gasteiger partial charge in [0.05, 0.1) is 6.61 Å². The molecule has 0 aromatic heterocycles. The highest BCUT2D eigenvalue weighted by molar-refractivity contribution is 5.87. The van der Waals surface area contributed by atoms with Gasteiger partial charge in [-0.05, 0) is 31.7 Å². The Morgan fingerprint density at radius 3 is 2.67 bits per heavy atom. The summed E-state index contributed by atoms with van der Waals surface area (Å²) in [4.78, 5) is 11.4. The average molecular weight is 247 g/mol. The molecule has 0 aliphatic carbocycles. The van der Waals surface area contributed by atoms with Crippen LogP contribution < -0.4 is 5.73 Å². The van der Waals surface area contributed by atoms with Crippen LogP contribution in [0.2, 0.25) is 0 Å². The molecule has 1 aromatic carbocycles. The first-order valence-corrected chi connectivity index (χ1v) is 6.28. The zero-order valence-electron chi connectivity index (χ0n) is 10.9. The van der Waals surface area contributed by atoms with Crippen molar-refractivity contribution in [1.29, 1.82) is 0 Å². The summed E-state index contributed by atoms with van der Waals surface area (Å²) in [5.74, 6) is -0.340. The third-order valence-electron chi connectivity index (χ3n) is 2.72. The van der Waals surface area contributed by atoms with Crippen molar-refractivity contribution in [2.45, 2.75) is 32.2 Å². The highest BCUT2D eigenvalue weighted by Crippen LogP contribution is 2.10. The van der Waals surface area contributed by atoms with Crippen molar-refractivity contribution >= 4 is 5.97 Å². The third kappa shape index (κ3) is 5.15. The molecule has 0 aliphatic heterocycles. The summed E-state index contributed by atoms with van der Waals surface area (Å²) in [6, 6.07) is 10.1. The molecule has 98 valence electrons. The zero-order chi connectivity index (χ0) is 13.4. The fourth-order valence-electron chi connectivity index (χ4n) is 1.73. The molecule has 1 atom stereocenters. The van der Waals surface area contributed by atoms with Crippen LogP contribution in [0.25, 0.3) is 0 Å². The molecule has 3 nitrogen and oxygen atoms in total. The Labute approximate surface area is 109 Å². The first kappa shape index (κ1) is 14.5. The van der Waals surface area contributed by atoms with E-state index in [0.29, 0.717) is 18.6 Å². The van der Waals surface area contributed by atoms with Crippen molar-refractivity contribution in [3.63, 3.8) is 0 Å². The van der Waals surface area contributed by atoms with Crippen LogP contribution in [0.1, 0.15) is 25.3 Å². The normalized spacial score (nSPS) is 11.9. The van der Waals surface area contributed by atoms with E-state index in [0.717, 1.165) is 12.8 Å². The lowest BCUT2D eigenvalue weighted by Crippen LogP contribution is -2.23. The molecule has 1 rings (SSSR count). The minimum atomic E-state index is -0.340. The summed E-state index contributed by atoms with van der Waals surface area (Å²) in [6.45, 7) is 5.86. The molecule has 1 unspecified atom stereocenters. The van der Waals surface area contributed by atoms with Gasteiger partial charge in [-0.1, -0.05) is 36.9 Å². The Hall–Kier alpha value is -1.61. The van der Waals surface area contributed by atoms with E-state index in [1.807, 2.05) is 18.2 Å². The van der Waals surface area contributed by atoms with E-state index in [-0.39, 0.29) is 12.0 Å². The number of aryl methyl sites for hydroxylation is 1. The Morgan fingerprint density at radius 2 is 2.06 bits per heavy atom. The Kier molecular flexibility index (Phi) is 6.15. The van der Waals surface area contributed by atoms with Crippen LogP contribution in [-0.2, 0) is 16.0 Å². The van der Waals surface area contributed by atoms with E-state index in [4.69, 9.17) is 10.5 Å². The number of carbonyl (C=O) groups is 1. The molecular formula is C15H21NO2. The van der Waals surface area contributed by atoms with Gasteiger partial charge in [0, 0.05) is 11.6 Å². The van der Waals surface area contributed by atoms with Crippen LogP contribution in [0.5, 0.6) is 0 Å². The molecule has 0 fully saturated rings. The topological polar surface area (TPSA) is 52.3 Å². The second kappa shape index (κ2) is 7.67. The van der Waals surface area contributed by atoms with Crippen molar-refractivity contribution in [3.8, 4) is 0 Å². The van der Waals surface area contributed by atoms with E-state index < -0.39 is 0 Å². The molecule has 18 heavy (non-hydrogen) atoms. The Balaban J connectivity index is 2.31. The predicted octanol–water partition coefficient (Wildman–Crippen LogP) is 2.46. The molecule has 0 saturated heterocycles. The molecular weight excluding hydrogens is 226 g/mol. The largest absolute Gasteiger partial charge is 0.463 e. The maximum Gasteiger partial charge on any atom is 0.333 e. The van der Waals surface area contributed by atoms with Crippen LogP contribution >= 0.6 is 0 Å². The molecule has 3 heteroatoms. The van der Waals surface area contributed by atoms with Crippen molar-refractivity contribution in [1.82, 2.24) is 0 Å². The van der Waals surface area contributed by atoms with Crippen molar-refractivity contribution < 1.29 is 9.53 Å². The smallest absolute Gasteiger partial charge is 0.333 e. The van der Waals surface area contributed by atoms with E-state index in [9.17, 15) is 4.79 Å². The molecule has 2 N–H and O–H groups in total. The summed E-state index contributed by atoms with van der Waals surface area (Å²) in [7, 11) is 0. The molecule has 0 saturated carbocycles. The number of benzene rings is 1. The zero-order valence-corrected chi connectivity index (χ0v) is 10.9. The standard InChI is InChI=1S/C15H21NO2/c1-3-18-15(17)12(2)11-14(16)10-9-13-7-5-4-6-8-13/h4-8,14H,2-3,9-11,16H2,1H3. The lowest BCUT2D eigenvalue weighted by atomic mass is 10.0. The summed E-state index contributed by atoms with van der Waals surface area (Å²) >= 11 is 0. The summed E-state index contributed by atoms with van der Waals surface area (Å²) in [5.41, 5.74) is 7.70. The lowest BCUT2D eigenvalue weighted by Gasteiger charge is -2.12. The van der Waals surface area contributed by atoms with Gasteiger partial charge in [0.2, 0.25) is 0 Å². The number of hydrogen-bond donors (Lipinski definition) is 1. The molecule has 0 amide bonds. The van der Waals surface area contributed by atoms with Crippen LogP contribution in [0, 0.1) is 0 Å². The molecule has 1 aromatic rings. The van der Waals surface area contributed by atoms with Gasteiger partial charge >= 0.3 is 5.97 Å². The number of carbonyl (C=O) groups excluding carboxylic acids is 1. The van der Waals surface area contributed by atoms with Crippen LogP contribution in [0.4, 0.5) is 0 Å². The predicted molar refractivity (Wildman–Crippen MR) is 73.1 cm³/mol. The van der Waals surface area contributed by atoms with Gasteiger partial charge < -0.3 is 10.5 Å². The van der Waals surface area contributed by atoms with Crippen molar-refractivity contribution in [2.24, 2.45) is 5.73 Å². The number of esters is 1. The summed E-state index contributed by atoms with van der Waals surface area (Å²) < 4.78 is 4.87. The highest BCUT2D eigenvalue weighted by Gasteiger charge is 2.12. The minimum Gasteiger partial charge on any atom is -0.463 e. The monoisotopic (exact) mass is 247 g/mol. The Bertz CT molecular complexity index is 387. The SMILES string of the molecule is C=C(CC(N)CCc1ccccc1)C(=O)OCC. The fraction of sp³-hybridized carbons (Fsp3) is 0.400. The molecule has 0 spiro atoms. The minimum absolute atomic E-state index is 0.0536. The van der Waals surface area contributed by atoms with E-state index in [1.54, 1.807) is 6.92 Å². The number of nitrogens with two attached hydrogens (primary N) is 1. The summed E-state index contributed by atoms with van der Waals surface area (Å²) in [6.07, 6.45) is 2.24. The van der Waals surface area contributed by atoms with Gasteiger partial charge in [-0.3, -0.25) is 0 Å². The lowest BCUT2D eigenvalue weighted by molar-refractivity contribution is -0.138. The number of hydrogen-bond acceptors (Lipinski definition) is 3. The van der Waals surface area contributed by atoms with Crippen molar-refractivity contribution in [3.05, 3.63) is 48.0 Å². The summed E-state index contributed by atoms with van der Waals surface area (Å²) in [5, 5.41) is 0. The molecule has 0 aliphatic rings. The van der Waals surface area contributed by atoms with Crippen LogP contribution in [0.15, 0.2) is 42.5 Å². The first-order valence-electron chi connectivity index (χ1n) is 6.28. The quantitative estimate of drug-likeness (QED) is 0.595. The van der Waals surface area contributed by atoms with E-state index in [2.05, 4.69) is 18.7 Å². The van der Waals surface area contributed by atoms with Gasteiger partial charge in [0.1, 0.15) is 0 Å². The number of rotatable bonds is 7. The Morgan fingerprint density at radius 1 is 1.39 bits per heavy atom. The maximum absolute atomic E-state index is 11.4. The van der Waals surface area contributed by atoms with Crippen LogP contribution in [0.3, 0.4) is 0 Å². The molecule has 0 bridgehead atoms. The van der Waals surface area contributed by atoms with Gasteiger partial charge in [0.15, 0.2) is 0 Å². The molecule has 0 radical (unpaired) electrons. The molecule has 0 heterocycles. The first-order chi connectivity index (χ1) is 8.63. The van der Waals surface area contributed by atoms with Gasteiger partial charge in [-0.15, -0.1) is 0 Å². The van der Waals surface area contributed by atoms with E-state index in [1.165, 1.54) is 5.56 Å². The maximum atomic E-state index is 11.4. The van der Waals surface area contributed by atoms with Gasteiger partial charge in [-0.25, -0.2) is 4.79 Å².